The maximum absolute atomic E-state index is 12.7. The number of hydrogen-bond acceptors (Lipinski definition) is 3. The Bertz CT molecular complexity index is 764. The number of benzene rings is 1. The van der Waals surface area contributed by atoms with E-state index in [1.54, 1.807) is 7.11 Å². The topological polar surface area (TPSA) is 51.4 Å². The van der Waals surface area contributed by atoms with Crippen molar-refractivity contribution in [1.29, 1.82) is 0 Å². The lowest BCUT2D eigenvalue weighted by Crippen LogP contribution is -3.09. The molecule has 0 bridgehead atoms. The molecule has 1 aromatic carbocycles. The fraction of sp³-hybridized carbons (Fsp3) is 0.400. The smallest absolute Gasteiger partial charge is 0.278 e. The Balaban J connectivity index is 1.51. The molecule has 6 nitrogen and oxygen atoms in total. The summed E-state index contributed by atoms with van der Waals surface area (Å²) >= 11 is 6.10. The van der Waals surface area contributed by atoms with E-state index in [1.165, 1.54) is 0 Å². The summed E-state index contributed by atoms with van der Waals surface area (Å²) in [5.41, 5.74) is 1.01. The number of piperazine rings is 1. The molecule has 7 heteroatoms. The monoisotopic (exact) mass is 390 g/mol. The van der Waals surface area contributed by atoms with E-state index in [0.717, 1.165) is 48.2 Å². The van der Waals surface area contributed by atoms with Crippen LogP contribution in [0.3, 0.4) is 0 Å². The van der Waals surface area contributed by atoms with Gasteiger partial charge in [-0.3, -0.25) is 9.69 Å². The number of rotatable bonds is 6. The Morgan fingerprint density at radius 1 is 1.22 bits per heavy atom. The van der Waals surface area contributed by atoms with E-state index >= 15 is 0 Å². The number of likely N-dealkylation sites (N-methyl/N-ethyl adjacent to an activating group) is 1. The Kier molecular flexibility index (Phi) is 6.53. The van der Waals surface area contributed by atoms with E-state index in [0.29, 0.717) is 18.1 Å². The van der Waals surface area contributed by atoms with Crippen LogP contribution in [0.5, 0.6) is 5.75 Å². The average Bonchev–Trinajstić information content (AvgIpc) is 2.69. The van der Waals surface area contributed by atoms with Crippen LogP contribution in [-0.4, -0.2) is 57.7 Å². The van der Waals surface area contributed by atoms with Crippen molar-refractivity contribution in [2.75, 3.05) is 51.8 Å². The lowest BCUT2D eigenvalue weighted by Gasteiger charge is -2.31. The number of aromatic amines is 1. The van der Waals surface area contributed by atoms with Gasteiger partial charge in [0.05, 0.1) is 33.4 Å². The summed E-state index contributed by atoms with van der Waals surface area (Å²) in [6.07, 6.45) is 1.93. The Hall–Kier alpha value is -2.31. The van der Waals surface area contributed by atoms with Crippen LogP contribution in [0, 0.1) is 0 Å². The number of halogens is 1. The molecule has 144 valence electrons. The van der Waals surface area contributed by atoms with Crippen LogP contribution in [0.25, 0.3) is 0 Å². The molecule has 0 aliphatic carbocycles. The standard InChI is InChI=1S/C20H25ClN4O2/c1-23(14-16-13-17(21)6-7-18(16)27-2)15-20(26)25-11-9-24(10-12-25)19-5-3-4-8-22-19/h3-8,13H,9-12,14-15H2,1-2H3/p+2. The highest BCUT2D eigenvalue weighted by Gasteiger charge is 2.27. The quantitative estimate of drug-likeness (QED) is 0.782. The van der Waals surface area contributed by atoms with Gasteiger partial charge in [0.2, 0.25) is 0 Å². The van der Waals surface area contributed by atoms with E-state index in [-0.39, 0.29) is 5.91 Å². The third-order valence-electron chi connectivity index (χ3n) is 4.85. The molecule has 1 aliphatic rings. The highest BCUT2D eigenvalue weighted by molar-refractivity contribution is 6.30. The van der Waals surface area contributed by atoms with Crippen molar-refractivity contribution >= 4 is 23.3 Å². The van der Waals surface area contributed by atoms with Crippen LogP contribution in [0.2, 0.25) is 5.02 Å². The lowest BCUT2D eigenvalue weighted by molar-refractivity contribution is -0.885. The van der Waals surface area contributed by atoms with Crippen molar-refractivity contribution < 1.29 is 19.4 Å². The number of aromatic nitrogens is 1. The van der Waals surface area contributed by atoms with Crippen molar-refractivity contribution in [3.63, 3.8) is 0 Å². The molecule has 2 N–H and O–H groups in total. The number of carbonyl (C=O) groups is 1. The first-order valence-corrected chi connectivity index (χ1v) is 9.58. The van der Waals surface area contributed by atoms with Crippen LogP contribution in [0.15, 0.2) is 42.6 Å². The number of H-pyrrole nitrogens is 1. The molecule has 1 aromatic heterocycles. The second-order valence-electron chi connectivity index (χ2n) is 6.88. The van der Waals surface area contributed by atoms with E-state index in [1.807, 2.05) is 48.5 Å². The van der Waals surface area contributed by atoms with Crippen molar-refractivity contribution in [3.8, 4) is 5.75 Å². The molecule has 1 amide bonds. The van der Waals surface area contributed by atoms with E-state index in [2.05, 4.69) is 16.0 Å². The SMILES string of the molecule is COc1ccc(Cl)cc1C[NH+](C)CC(=O)N1CCN(c2cccc[nH+]2)CC1. The van der Waals surface area contributed by atoms with Crippen molar-refractivity contribution in [3.05, 3.63) is 53.2 Å². The second-order valence-corrected chi connectivity index (χ2v) is 7.32. The molecule has 2 heterocycles. The Morgan fingerprint density at radius 3 is 2.67 bits per heavy atom. The van der Waals surface area contributed by atoms with Gasteiger partial charge >= 0.3 is 0 Å². The Morgan fingerprint density at radius 2 is 2.00 bits per heavy atom. The van der Waals surface area contributed by atoms with Gasteiger partial charge in [-0.25, -0.2) is 4.98 Å². The van der Waals surface area contributed by atoms with Crippen LogP contribution >= 0.6 is 11.6 Å². The molecule has 2 aromatic rings. The van der Waals surface area contributed by atoms with Crippen molar-refractivity contribution in [2.45, 2.75) is 6.54 Å². The van der Waals surface area contributed by atoms with Crippen LogP contribution in [-0.2, 0) is 11.3 Å². The zero-order valence-corrected chi connectivity index (χ0v) is 16.6. The summed E-state index contributed by atoms with van der Waals surface area (Å²) in [5, 5.41) is 0.679. The van der Waals surface area contributed by atoms with Crippen LogP contribution in [0.1, 0.15) is 5.56 Å². The predicted octanol–water partition coefficient (Wildman–Crippen LogP) is 0.526. The largest absolute Gasteiger partial charge is 0.496 e. The molecular formula is C20H27ClN4O2+2. The molecule has 27 heavy (non-hydrogen) atoms. The first-order valence-electron chi connectivity index (χ1n) is 9.20. The van der Waals surface area contributed by atoms with Gasteiger partial charge in [0.15, 0.2) is 6.54 Å². The predicted molar refractivity (Wildman–Crippen MR) is 105 cm³/mol. The number of methoxy groups -OCH3 is 1. The molecule has 3 rings (SSSR count). The minimum atomic E-state index is 0.185. The highest BCUT2D eigenvalue weighted by Crippen LogP contribution is 2.21. The molecular weight excluding hydrogens is 364 g/mol. The number of pyridine rings is 1. The first-order chi connectivity index (χ1) is 13.1. The van der Waals surface area contributed by atoms with Gasteiger partial charge in [-0.15, -0.1) is 0 Å². The molecule has 0 radical (unpaired) electrons. The molecule has 1 saturated heterocycles. The van der Waals surface area contributed by atoms with Gasteiger partial charge in [0.25, 0.3) is 11.7 Å². The zero-order valence-electron chi connectivity index (χ0n) is 15.9. The van der Waals surface area contributed by atoms with Gasteiger partial charge in [0.1, 0.15) is 25.4 Å². The van der Waals surface area contributed by atoms with Gasteiger partial charge in [-0.1, -0.05) is 17.7 Å². The summed E-state index contributed by atoms with van der Waals surface area (Å²) in [7, 11) is 3.67. The van der Waals surface area contributed by atoms with Gasteiger partial charge < -0.3 is 14.5 Å². The fourth-order valence-electron chi connectivity index (χ4n) is 3.42. The maximum Gasteiger partial charge on any atom is 0.278 e. The van der Waals surface area contributed by atoms with Crippen LogP contribution in [0.4, 0.5) is 5.82 Å². The lowest BCUT2D eigenvalue weighted by atomic mass is 10.2. The number of nitrogens with zero attached hydrogens (tertiary/aromatic N) is 2. The summed E-state index contributed by atoms with van der Waals surface area (Å²) in [4.78, 5) is 21.3. The average molecular weight is 391 g/mol. The molecule has 0 saturated carbocycles. The summed E-state index contributed by atoms with van der Waals surface area (Å²) in [6.45, 7) is 4.31. The normalized spacial score (nSPS) is 15.5. The molecule has 1 unspecified atom stereocenters. The zero-order chi connectivity index (χ0) is 19.2. The number of ether oxygens (including phenoxy) is 1. The second kappa shape index (κ2) is 9.06. The van der Waals surface area contributed by atoms with E-state index < -0.39 is 0 Å². The van der Waals surface area contributed by atoms with E-state index in [9.17, 15) is 4.79 Å². The number of quaternary nitrogens is 1. The summed E-state index contributed by atoms with van der Waals surface area (Å²) in [5.74, 6) is 2.09. The van der Waals surface area contributed by atoms with Gasteiger partial charge in [-0.2, -0.15) is 0 Å². The van der Waals surface area contributed by atoms with Gasteiger partial charge in [-0.05, 0) is 24.3 Å². The molecule has 1 aliphatic heterocycles. The third kappa shape index (κ3) is 5.11. The number of nitrogens with one attached hydrogen (secondary N) is 2. The fourth-order valence-corrected chi connectivity index (χ4v) is 3.61. The molecule has 1 fully saturated rings. The number of carbonyl (C=O) groups excluding carboxylic acids is 1. The Labute approximate surface area is 165 Å². The van der Waals surface area contributed by atoms with Crippen molar-refractivity contribution in [2.24, 2.45) is 0 Å². The summed E-state index contributed by atoms with van der Waals surface area (Å²) in [6, 6.07) is 11.6. The molecule has 1 atom stereocenters. The van der Waals surface area contributed by atoms with Gasteiger partial charge in [0, 0.05) is 16.7 Å². The minimum Gasteiger partial charge on any atom is -0.496 e. The first kappa shape index (κ1) is 19.5. The highest BCUT2D eigenvalue weighted by atomic mass is 35.5. The van der Waals surface area contributed by atoms with E-state index in [4.69, 9.17) is 16.3 Å². The third-order valence-corrected chi connectivity index (χ3v) is 5.09. The molecule has 0 spiro atoms. The minimum absolute atomic E-state index is 0.185. The number of hydrogen-bond donors (Lipinski definition) is 1. The number of anilines is 1. The van der Waals surface area contributed by atoms with Crippen LogP contribution < -0.4 is 19.5 Å². The van der Waals surface area contributed by atoms with Crippen molar-refractivity contribution in [1.82, 2.24) is 4.90 Å². The maximum atomic E-state index is 12.7. The number of amides is 1. The summed E-state index contributed by atoms with van der Waals surface area (Å²) < 4.78 is 5.40.